The van der Waals surface area contributed by atoms with Crippen LogP contribution in [0.15, 0.2) is 12.7 Å². The van der Waals surface area contributed by atoms with E-state index in [1.165, 1.54) is 6.08 Å². The summed E-state index contributed by atoms with van der Waals surface area (Å²) in [6.45, 7) is 5.36. The van der Waals surface area contributed by atoms with Crippen molar-refractivity contribution in [2.75, 3.05) is 0 Å². The van der Waals surface area contributed by atoms with Crippen LogP contribution in [0.25, 0.3) is 0 Å². The van der Waals surface area contributed by atoms with Gasteiger partial charge < -0.3 is 10.2 Å². The van der Waals surface area contributed by atoms with E-state index in [1.807, 2.05) is 6.92 Å². The monoisotopic (exact) mass is 142 g/mol. The van der Waals surface area contributed by atoms with Gasteiger partial charge >= 0.3 is 0 Å². The van der Waals surface area contributed by atoms with Crippen molar-refractivity contribution in [3.8, 4) is 0 Å². The number of hydrogen-bond acceptors (Lipinski definition) is 2. The second kappa shape index (κ2) is 2.07. The molecule has 1 saturated carbocycles. The molecule has 1 fully saturated rings. The minimum Gasteiger partial charge on any atom is -0.387 e. The van der Waals surface area contributed by atoms with E-state index < -0.39 is 11.2 Å². The third-order valence-electron chi connectivity index (χ3n) is 2.65. The Morgan fingerprint density at radius 1 is 1.50 bits per heavy atom. The van der Waals surface area contributed by atoms with E-state index in [-0.39, 0.29) is 0 Å². The molecule has 0 aromatic carbocycles. The average Bonchev–Trinajstić information content (AvgIpc) is 1.99. The van der Waals surface area contributed by atoms with Crippen molar-refractivity contribution in [1.82, 2.24) is 0 Å². The summed E-state index contributed by atoms with van der Waals surface area (Å²) < 4.78 is 0. The molecule has 0 radical (unpaired) electrons. The second-order valence-corrected chi connectivity index (χ2v) is 3.01. The Morgan fingerprint density at radius 2 is 2.10 bits per heavy atom. The van der Waals surface area contributed by atoms with Gasteiger partial charge in [-0.2, -0.15) is 0 Å². The summed E-state index contributed by atoms with van der Waals surface area (Å²) in [5.74, 6) is 0. The van der Waals surface area contributed by atoms with Crippen molar-refractivity contribution in [1.29, 1.82) is 0 Å². The Hall–Kier alpha value is -0.340. The van der Waals surface area contributed by atoms with Crippen LogP contribution in [0.4, 0.5) is 0 Å². The Labute approximate surface area is 61.2 Å². The van der Waals surface area contributed by atoms with E-state index in [9.17, 15) is 10.2 Å². The molecule has 2 N–H and O–H groups in total. The van der Waals surface area contributed by atoms with E-state index in [0.717, 1.165) is 0 Å². The highest BCUT2D eigenvalue weighted by Gasteiger charge is 2.54. The zero-order valence-electron chi connectivity index (χ0n) is 6.30. The molecule has 0 aliphatic heterocycles. The molecule has 2 atom stereocenters. The molecule has 0 aromatic rings. The van der Waals surface area contributed by atoms with E-state index >= 15 is 0 Å². The number of aliphatic hydroxyl groups is 2. The summed E-state index contributed by atoms with van der Waals surface area (Å²) in [7, 11) is 0. The molecule has 0 heterocycles. The molecule has 0 aromatic heterocycles. The molecule has 0 amide bonds. The fraction of sp³-hybridized carbons (Fsp3) is 0.750. The zero-order chi connectivity index (χ0) is 7.83. The van der Waals surface area contributed by atoms with Gasteiger partial charge in [0.05, 0.1) is 5.60 Å². The van der Waals surface area contributed by atoms with E-state index in [0.29, 0.717) is 19.3 Å². The van der Waals surface area contributed by atoms with Crippen molar-refractivity contribution >= 4 is 0 Å². The molecule has 2 unspecified atom stereocenters. The van der Waals surface area contributed by atoms with Crippen molar-refractivity contribution in [3.05, 3.63) is 12.7 Å². The van der Waals surface area contributed by atoms with Crippen molar-refractivity contribution < 1.29 is 10.2 Å². The third kappa shape index (κ3) is 0.724. The van der Waals surface area contributed by atoms with Crippen LogP contribution in [0.1, 0.15) is 26.2 Å². The van der Waals surface area contributed by atoms with Crippen LogP contribution in [-0.2, 0) is 0 Å². The van der Waals surface area contributed by atoms with Gasteiger partial charge in [0, 0.05) is 0 Å². The quantitative estimate of drug-likeness (QED) is 0.561. The summed E-state index contributed by atoms with van der Waals surface area (Å²) in [4.78, 5) is 0. The summed E-state index contributed by atoms with van der Waals surface area (Å²) in [5, 5.41) is 19.2. The molecule has 1 rings (SSSR count). The third-order valence-corrected chi connectivity index (χ3v) is 2.65. The van der Waals surface area contributed by atoms with Gasteiger partial charge in [-0.1, -0.05) is 13.0 Å². The lowest BCUT2D eigenvalue weighted by Crippen LogP contribution is -2.61. The molecule has 1 aliphatic carbocycles. The van der Waals surface area contributed by atoms with Crippen LogP contribution in [0, 0.1) is 0 Å². The molecule has 1 aliphatic rings. The predicted molar refractivity (Wildman–Crippen MR) is 39.6 cm³/mol. The van der Waals surface area contributed by atoms with Crippen LogP contribution in [0.2, 0.25) is 0 Å². The van der Waals surface area contributed by atoms with Crippen LogP contribution < -0.4 is 0 Å². The highest BCUT2D eigenvalue weighted by molar-refractivity contribution is 5.17. The molecule has 2 nitrogen and oxygen atoms in total. The summed E-state index contributed by atoms with van der Waals surface area (Å²) in [5.41, 5.74) is -1.91. The van der Waals surface area contributed by atoms with Crippen LogP contribution in [-0.4, -0.2) is 21.4 Å². The summed E-state index contributed by atoms with van der Waals surface area (Å²) in [6.07, 6.45) is 3.36. The summed E-state index contributed by atoms with van der Waals surface area (Å²) in [6, 6.07) is 0. The fourth-order valence-electron chi connectivity index (χ4n) is 1.44. The van der Waals surface area contributed by atoms with Gasteiger partial charge in [-0.25, -0.2) is 0 Å². The maximum absolute atomic E-state index is 9.62. The molecular weight excluding hydrogens is 128 g/mol. The molecule has 0 spiro atoms. The van der Waals surface area contributed by atoms with Crippen LogP contribution in [0.3, 0.4) is 0 Å². The minimum absolute atomic E-state index is 0.593. The highest BCUT2D eigenvalue weighted by Crippen LogP contribution is 2.45. The van der Waals surface area contributed by atoms with Crippen LogP contribution in [0.5, 0.6) is 0 Å². The van der Waals surface area contributed by atoms with Crippen molar-refractivity contribution in [3.63, 3.8) is 0 Å². The molecule has 0 saturated heterocycles. The van der Waals surface area contributed by atoms with Crippen molar-refractivity contribution in [2.24, 2.45) is 0 Å². The lowest BCUT2D eigenvalue weighted by Gasteiger charge is -2.50. The fourth-order valence-corrected chi connectivity index (χ4v) is 1.44. The maximum atomic E-state index is 9.62. The first-order chi connectivity index (χ1) is 4.58. The van der Waals surface area contributed by atoms with Gasteiger partial charge in [-0.05, 0) is 19.3 Å². The van der Waals surface area contributed by atoms with Gasteiger partial charge in [-0.15, -0.1) is 6.58 Å². The Kier molecular flexibility index (Phi) is 1.61. The highest BCUT2D eigenvalue weighted by atomic mass is 16.4. The van der Waals surface area contributed by atoms with Gasteiger partial charge in [0.15, 0.2) is 0 Å². The smallest absolute Gasteiger partial charge is 0.111 e. The largest absolute Gasteiger partial charge is 0.387 e. The SMILES string of the molecule is C=CC1(O)CCC1(O)CC. The molecular formula is C8H14O2. The number of hydrogen-bond donors (Lipinski definition) is 2. The predicted octanol–water partition coefficient (Wildman–Crippen LogP) is 0.838. The van der Waals surface area contributed by atoms with E-state index in [2.05, 4.69) is 6.58 Å². The molecule has 58 valence electrons. The molecule has 0 bridgehead atoms. The number of rotatable bonds is 2. The maximum Gasteiger partial charge on any atom is 0.111 e. The normalized spacial score (nSPS) is 46.3. The standard InChI is InChI=1S/C8H14O2/c1-3-7(9)5-6-8(7,10)4-2/h3,9-10H,1,4-6H2,2H3. The lowest BCUT2D eigenvalue weighted by molar-refractivity contribution is -0.195. The first-order valence-electron chi connectivity index (χ1n) is 3.66. The van der Waals surface area contributed by atoms with Crippen LogP contribution >= 0.6 is 0 Å². The topological polar surface area (TPSA) is 40.5 Å². The zero-order valence-corrected chi connectivity index (χ0v) is 6.30. The minimum atomic E-state index is -1.01. The molecule has 2 heteroatoms. The van der Waals surface area contributed by atoms with Gasteiger partial charge in [0.1, 0.15) is 5.60 Å². The summed E-state index contributed by atoms with van der Waals surface area (Å²) >= 11 is 0. The van der Waals surface area contributed by atoms with E-state index in [4.69, 9.17) is 0 Å². The van der Waals surface area contributed by atoms with Gasteiger partial charge in [-0.3, -0.25) is 0 Å². The first kappa shape index (κ1) is 7.76. The van der Waals surface area contributed by atoms with Crippen molar-refractivity contribution in [2.45, 2.75) is 37.4 Å². The molecule has 10 heavy (non-hydrogen) atoms. The van der Waals surface area contributed by atoms with E-state index in [1.54, 1.807) is 0 Å². The Morgan fingerprint density at radius 3 is 2.20 bits per heavy atom. The Balaban J connectivity index is 2.73. The second-order valence-electron chi connectivity index (χ2n) is 3.01. The lowest BCUT2D eigenvalue weighted by atomic mass is 9.64. The Bertz CT molecular complexity index is 151. The van der Waals surface area contributed by atoms with Gasteiger partial charge in [0.25, 0.3) is 0 Å². The average molecular weight is 142 g/mol. The van der Waals surface area contributed by atoms with Gasteiger partial charge in [0.2, 0.25) is 0 Å². The first-order valence-corrected chi connectivity index (χ1v) is 3.66.